The Bertz CT molecular complexity index is 703. The molecule has 0 amide bonds. The van der Waals surface area contributed by atoms with Crippen LogP contribution < -0.4 is 4.74 Å². The van der Waals surface area contributed by atoms with Crippen LogP contribution in [0, 0.1) is 5.41 Å². The Morgan fingerprint density at radius 1 is 1.27 bits per heavy atom. The van der Waals surface area contributed by atoms with Gasteiger partial charge in [0, 0.05) is 11.0 Å². The highest BCUT2D eigenvalue weighted by atomic mass is 16.5. The van der Waals surface area contributed by atoms with Crippen LogP contribution >= 0.6 is 0 Å². The number of hydrogen-bond acceptors (Lipinski definition) is 3. The van der Waals surface area contributed by atoms with Crippen molar-refractivity contribution in [1.82, 2.24) is 0 Å². The molecule has 0 aromatic heterocycles. The highest BCUT2D eigenvalue weighted by Gasteiger charge is 2.52. The average molecular weight is 300 g/mol. The molecule has 0 saturated heterocycles. The molecule has 22 heavy (non-hydrogen) atoms. The molecular formula is C18H20O4. The Morgan fingerprint density at radius 3 is 2.64 bits per heavy atom. The summed E-state index contributed by atoms with van der Waals surface area (Å²) in [4.78, 5) is 24.3. The number of rotatable bonds is 2. The fourth-order valence-electron chi connectivity index (χ4n) is 4.02. The van der Waals surface area contributed by atoms with E-state index < -0.39 is 16.8 Å². The highest BCUT2D eigenvalue weighted by Crippen LogP contribution is 2.55. The number of hydrogen-bond donors (Lipinski definition) is 1. The smallest absolute Gasteiger partial charge is 0.313 e. The van der Waals surface area contributed by atoms with Gasteiger partial charge in [-0.3, -0.25) is 9.59 Å². The Balaban J connectivity index is 2.25. The first kappa shape index (κ1) is 14.8. The molecule has 2 aliphatic rings. The van der Waals surface area contributed by atoms with E-state index in [2.05, 4.69) is 0 Å². The molecule has 0 spiro atoms. The van der Waals surface area contributed by atoms with Gasteiger partial charge in [0.05, 0.1) is 12.5 Å². The van der Waals surface area contributed by atoms with E-state index in [0.29, 0.717) is 17.7 Å². The number of benzene rings is 1. The van der Waals surface area contributed by atoms with E-state index in [0.717, 1.165) is 24.0 Å². The number of carboxylic acids is 1. The van der Waals surface area contributed by atoms with Gasteiger partial charge in [-0.1, -0.05) is 13.3 Å². The lowest BCUT2D eigenvalue weighted by atomic mass is 9.54. The summed E-state index contributed by atoms with van der Waals surface area (Å²) in [5, 5.41) is 9.71. The molecule has 1 aromatic rings. The number of allylic oxidation sites excluding steroid dienone is 1. The molecule has 3 rings (SSSR count). The number of ketones is 1. The third-order valence-electron chi connectivity index (χ3n) is 5.38. The lowest BCUT2D eigenvalue weighted by Gasteiger charge is -2.48. The third-order valence-corrected chi connectivity index (χ3v) is 5.38. The van der Waals surface area contributed by atoms with Crippen LogP contribution in [-0.2, 0) is 10.2 Å². The van der Waals surface area contributed by atoms with Crippen molar-refractivity contribution in [2.24, 2.45) is 5.41 Å². The fourth-order valence-corrected chi connectivity index (χ4v) is 4.02. The SMILES string of the molecule is COc1ccc2c(c1)[C@]1(C)CCC[C@](C)(C(=O)O)C1=CC2=O. The number of carboxylic acid groups (broad SMARTS) is 1. The van der Waals surface area contributed by atoms with Crippen LogP contribution in [0.2, 0.25) is 0 Å². The Hall–Kier alpha value is -2.10. The summed E-state index contributed by atoms with van der Waals surface area (Å²) >= 11 is 0. The number of aliphatic carboxylic acids is 1. The molecule has 1 N–H and O–H groups in total. The van der Waals surface area contributed by atoms with Gasteiger partial charge < -0.3 is 9.84 Å². The van der Waals surface area contributed by atoms with Gasteiger partial charge in [0.1, 0.15) is 5.75 Å². The van der Waals surface area contributed by atoms with Crippen LogP contribution in [-0.4, -0.2) is 24.0 Å². The molecule has 0 heterocycles. The first-order valence-corrected chi connectivity index (χ1v) is 7.52. The zero-order valence-electron chi connectivity index (χ0n) is 13.1. The molecule has 116 valence electrons. The van der Waals surface area contributed by atoms with E-state index in [4.69, 9.17) is 4.74 Å². The molecule has 1 saturated carbocycles. The van der Waals surface area contributed by atoms with Crippen molar-refractivity contribution < 1.29 is 19.4 Å². The molecule has 1 fully saturated rings. The predicted octanol–water partition coefficient (Wildman–Crippen LogP) is 3.35. The lowest BCUT2D eigenvalue weighted by molar-refractivity contribution is -0.147. The van der Waals surface area contributed by atoms with Gasteiger partial charge in [-0.15, -0.1) is 0 Å². The van der Waals surface area contributed by atoms with Gasteiger partial charge in [0.2, 0.25) is 0 Å². The summed E-state index contributed by atoms with van der Waals surface area (Å²) in [6.07, 6.45) is 3.79. The number of ether oxygens (including phenoxy) is 1. The van der Waals surface area contributed by atoms with Gasteiger partial charge in [-0.05, 0) is 55.2 Å². The van der Waals surface area contributed by atoms with Crippen LogP contribution in [0.3, 0.4) is 0 Å². The molecule has 1 aromatic carbocycles. The summed E-state index contributed by atoms with van der Waals surface area (Å²) in [5.74, 6) is -0.278. The van der Waals surface area contributed by atoms with E-state index in [-0.39, 0.29) is 5.78 Å². The maximum absolute atomic E-state index is 12.5. The maximum Gasteiger partial charge on any atom is 0.313 e. The Morgan fingerprint density at radius 2 is 2.00 bits per heavy atom. The molecule has 0 unspecified atom stereocenters. The highest BCUT2D eigenvalue weighted by molar-refractivity contribution is 6.09. The van der Waals surface area contributed by atoms with Crippen molar-refractivity contribution in [3.63, 3.8) is 0 Å². The van der Waals surface area contributed by atoms with E-state index in [1.54, 1.807) is 32.2 Å². The monoisotopic (exact) mass is 300 g/mol. The normalized spacial score (nSPS) is 30.1. The van der Waals surface area contributed by atoms with Crippen molar-refractivity contribution in [1.29, 1.82) is 0 Å². The van der Waals surface area contributed by atoms with Crippen molar-refractivity contribution >= 4 is 11.8 Å². The summed E-state index contributed by atoms with van der Waals surface area (Å²) in [5.41, 5.74) is 0.861. The summed E-state index contributed by atoms with van der Waals surface area (Å²) in [7, 11) is 1.59. The number of methoxy groups -OCH3 is 1. The van der Waals surface area contributed by atoms with Gasteiger partial charge >= 0.3 is 5.97 Å². The topological polar surface area (TPSA) is 63.6 Å². The maximum atomic E-state index is 12.5. The minimum absolute atomic E-state index is 0.112. The number of carbonyl (C=O) groups excluding carboxylic acids is 1. The fraction of sp³-hybridized carbons (Fsp3) is 0.444. The standard InChI is InChI=1S/C18H20O4/c1-17-7-4-8-18(2,16(20)21)15(17)10-14(19)12-6-5-11(22-3)9-13(12)17/h5-6,9-10H,4,7-8H2,1-3H3,(H,20,21)/t17-,18-/m0/s1. The van der Waals surface area contributed by atoms with Crippen molar-refractivity contribution in [2.45, 2.75) is 38.5 Å². The average Bonchev–Trinajstić information content (AvgIpc) is 2.49. The molecule has 0 aliphatic heterocycles. The van der Waals surface area contributed by atoms with Crippen LogP contribution in [0.4, 0.5) is 0 Å². The van der Waals surface area contributed by atoms with Gasteiger partial charge in [0.15, 0.2) is 5.78 Å². The van der Waals surface area contributed by atoms with Crippen LogP contribution in [0.25, 0.3) is 0 Å². The van der Waals surface area contributed by atoms with Gasteiger partial charge in [-0.25, -0.2) is 0 Å². The summed E-state index contributed by atoms with van der Waals surface area (Å²) in [6.45, 7) is 3.78. The van der Waals surface area contributed by atoms with E-state index in [1.165, 1.54) is 0 Å². The second-order valence-electron chi connectivity index (χ2n) is 6.66. The summed E-state index contributed by atoms with van der Waals surface area (Å²) in [6, 6.07) is 5.44. The molecule has 4 nitrogen and oxygen atoms in total. The summed E-state index contributed by atoms with van der Waals surface area (Å²) < 4.78 is 5.29. The number of carbonyl (C=O) groups is 2. The van der Waals surface area contributed by atoms with Crippen LogP contribution in [0.5, 0.6) is 5.75 Å². The second kappa shape index (κ2) is 4.70. The van der Waals surface area contributed by atoms with E-state index >= 15 is 0 Å². The first-order valence-electron chi connectivity index (χ1n) is 7.52. The van der Waals surface area contributed by atoms with Crippen molar-refractivity contribution in [2.75, 3.05) is 7.11 Å². The zero-order valence-corrected chi connectivity index (χ0v) is 13.1. The molecule has 2 atom stereocenters. The quantitative estimate of drug-likeness (QED) is 0.909. The first-order chi connectivity index (χ1) is 10.3. The van der Waals surface area contributed by atoms with Gasteiger partial charge in [0.25, 0.3) is 0 Å². The molecule has 0 bridgehead atoms. The van der Waals surface area contributed by atoms with E-state index in [9.17, 15) is 14.7 Å². The second-order valence-corrected chi connectivity index (χ2v) is 6.66. The Labute approximate surface area is 129 Å². The van der Waals surface area contributed by atoms with Crippen molar-refractivity contribution in [3.05, 3.63) is 41.0 Å². The third kappa shape index (κ3) is 1.83. The largest absolute Gasteiger partial charge is 0.497 e. The molecule has 2 aliphatic carbocycles. The molecule has 4 heteroatoms. The minimum atomic E-state index is -0.983. The van der Waals surface area contributed by atoms with Crippen LogP contribution in [0.15, 0.2) is 29.8 Å². The molecular weight excluding hydrogens is 280 g/mol. The minimum Gasteiger partial charge on any atom is -0.497 e. The van der Waals surface area contributed by atoms with E-state index in [1.807, 2.05) is 13.0 Å². The van der Waals surface area contributed by atoms with Crippen LogP contribution in [0.1, 0.15) is 49.0 Å². The molecule has 0 radical (unpaired) electrons. The number of fused-ring (bicyclic) bond motifs is 3. The Kier molecular flexibility index (Phi) is 3.17. The lowest BCUT2D eigenvalue weighted by Crippen LogP contribution is -2.46. The zero-order chi connectivity index (χ0) is 16.1. The van der Waals surface area contributed by atoms with Crippen molar-refractivity contribution in [3.8, 4) is 5.75 Å². The predicted molar refractivity (Wildman–Crippen MR) is 82.4 cm³/mol. The van der Waals surface area contributed by atoms with Gasteiger partial charge in [-0.2, -0.15) is 0 Å².